The fourth-order valence-corrected chi connectivity index (χ4v) is 3.99. The van der Waals surface area contributed by atoms with E-state index < -0.39 is 0 Å². The predicted molar refractivity (Wildman–Crippen MR) is 87.1 cm³/mol. The molecule has 2 saturated heterocycles. The van der Waals surface area contributed by atoms with Gasteiger partial charge in [-0.05, 0) is 54.7 Å². The quantitative estimate of drug-likeness (QED) is 0.855. The molecule has 110 valence electrons. The number of piperazine rings is 1. The van der Waals surface area contributed by atoms with E-state index in [2.05, 4.69) is 37.6 Å². The maximum atomic E-state index is 5.94. The summed E-state index contributed by atoms with van der Waals surface area (Å²) in [5.41, 5.74) is 7.79. The van der Waals surface area contributed by atoms with Gasteiger partial charge in [0.15, 0.2) is 0 Å². The minimum absolute atomic E-state index is 0.496. The van der Waals surface area contributed by atoms with E-state index in [1.807, 2.05) is 6.92 Å². The Morgan fingerprint density at radius 2 is 2.15 bits per heavy atom. The van der Waals surface area contributed by atoms with Gasteiger partial charge in [0.05, 0.1) is 16.4 Å². The van der Waals surface area contributed by atoms with Crippen molar-refractivity contribution in [3.8, 4) is 0 Å². The zero-order chi connectivity index (χ0) is 14.3. The van der Waals surface area contributed by atoms with Gasteiger partial charge in [0.2, 0.25) is 0 Å². The highest BCUT2D eigenvalue weighted by atomic mass is 79.9. The van der Waals surface area contributed by atoms with Crippen LogP contribution in [-0.2, 0) is 0 Å². The first-order valence-electron chi connectivity index (χ1n) is 7.49. The van der Waals surface area contributed by atoms with Crippen molar-refractivity contribution in [2.24, 2.45) is 0 Å². The van der Waals surface area contributed by atoms with Crippen molar-refractivity contribution in [1.82, 2.24) is 9.88 Å². The zero-order valence-corrected chi connectivity index (χ0v) is 13.9. The Hall–Kier alpha value is -0.810. The number of hydrogen-bond donors (Lipinski definition) is 1. The maximum absolute atomic E-state index is 5.94. The normalized spacial score (nSPS) is 27.4. The van der Waals surface area contributed by atoms with Crippen LogP contribution in [0.2, 0.25) is 0 Å². The third-order valence-corrected chi connectivity index (χ3v) is 5.69. The molecule has 0 radical (unpaired) electrons. The second-order valence-electron chi connectivity index (χ2n) is 6.12. The number of anilines is 2. The van der Waals surface area contributed by atoms with E-state index in [-0.39, 0.29) is 0 Å². The number of hydrogen-bond acceptors (Lipinski definition) is 4. The average Bonchev–Trinajstić information content (AvgIpc) is 2.45. The van der Waals surface area contributed by atoms with Crippen LogP contribution in [-0.4, -0.2) is 41.6 Å². The zero-order valence-electron chi connectivity index (χ0n) is 12.3. The van der Waals surface area contributed by atoms with Gasteiger partial charge in [0, 0.05) is 25.2 Å². The third kappa shape index (κ3) is 2.42. The molecule has 20 heavy (non-hydrogen) atoms. The summed E-state index contributed by atoms with van der Waals surface area (Å²) in [6.45, 7) is 7.83. The van der Waals surface area contributed by atoms with E-state index in [4.69, 9.17) is 5.73 Å². The Kier molecular flexibility index (Phi) is 3.91. The molecule has 2 N–H and O–H groups in total. The first kappa shape index (κ1) is 14.1. The minimum Gasteiger partial charge on any atom is -0.397 e. The molecule has 0 saturated carbocycles. The van der Waals surface area contributed by atoms with E-state index in [0.717, 1.165) is 34.6 Å². The number of rotatable bonds is 1. The summed E-state index contributed by atoms with van der Waals surface area (Å²) in [4.78, 5) is 9.69. The van der Waals surface area contributed by atoms with E-state index in [9.17, 15) is 0 Å². The number of piperidine rings is 1. The van der Waals surface area contributed by atoms with Gasteiger partial charge in [-0.3, -0.25) is 4.90 Å². The number of pyridine rings is 1. The molecule has 1 aromatic rings. The van der Waals surface area contributed by atoms with Crippen molar-refractivity contribution in [2.45, 2.75) is 45.2 Å². The topological polar surface area (TPSA) is 45.4 Å². The van der Waals surface area contributed by atoms with Gasteiger partial charge in [-0.1, -0.05) is 6.42 Å². The van der Waals surface area contributed by atoms with Crippen LogP contribution in [0.5, 0.6) is 0 Å². The van der Waals surface area contributed by atoms with Crippen LogP contribution >= 0.6 is 15.9 Å². The summed E-state index contributed by atoms with van der Waals surface area (Å²) in [5.74, 6) is 1.05. The second kappa shape index (κ2) is 5.53. The molecule has 2 fully saturated rings. The second-order valence-corrected chi connectivity index (χ2v) is 6.92. The third-order valence-electron chi connectivity index (χ3n) is 4.74. The monoisotopic (exact) mass is 338 g/mol. The van der Waals surface area contributed by atoms with E-state index in [0.29, 0.717) is 12.1 Å². The molecule has 0 aromatic carbocycles. The van der Waals surface area contributed by atoms with Gasteiger partial charge in [-0.25, -0.2) is 4.98 Å². The summed E-state index contributed by atoms with van der Waals surface area (Å²) in [6.07, 6.45) is 5.81. The molecular weight excluding hydrogens is 316 g/mol. The molecule has 2 aliphatic rings. The Bertz CT molecular complexity index is 505. The van der Waals surface area contributed by atoms with Gasteiger partial charge in [0.25, 0.3) is 0 Å². The molecule has 2 unspecified atom stereocenters. The summed E-state index contributed by atoms with van der Waals surface area (Å²) in [5, 5.41) is 0. The lowest BCUT2D eigenvalue weighted by atomic mass is 9.97. The lowest BCUT2D eigenvalue weighted by Gasteiger charge is -2.48. The number of nitrogens with two attached hydrogens (primary N) is 1. The lowest BCUT2D eigenvalue weighted by molar-refractivity contribution is 0.115. The minimum atomic E-state index is 0.496. The summed E-state index contributed by atoms with van der Waals surface area (Å²) in [7, 11) is 0. The number of fused-ring (bicyclic) bond motifs is 1. The average molecular weight is 339 g/mol. The Labute approximate surface area is 129 Å². The van der Waals surface area contributed by atoms with E-state index in [1.54, 1.807) is 6.20 Å². The fraction of sp³-hybridized carbons (Fsp3) is 0.667. The first-order chi connectivity index (χ1) is 9.58. The molecule has 3 heterocycles. The first-order valence-corrected chi connectivity index (χ1v) is 8.28. The highest BCUT2D eigenvalue weighted by Crippen LogP contribution is 2.34. The van der Waals surface area contributed by atoms with Gasteiger partial charge in [-0.2, -0.15) is 0 Å². The van der Waals surface area contributed by atoms with Crippen LogP contribution in [0.3, 0.4) is 0 Å². The molecule has 0 amide bonds. The highest BCUT2D eigenvalue weighted by molar-refractivity contribution is 9.10. The Morgan fingerprint density at radius 3 is 2.95 bits per heavy atom. The van der Waals surface area contributed by atoms with Gasteiger partial charge in [0.1, 0.15) is 5.82 Å². The van der Waals surface area contributed by atoms with Gasteiger partial charge < -0.3 is 10.6 Å². The standard InChI is InChI=1S/C15H23BrN4/c1-10-8-19-6-4-3-5-12(19)9-20(10)15-14(16)11(2)13(17)7-18-15/h7,10,12H,3-6,8-9,17H2,1-2H3. The molecule has 0 spiro atoms. The van der Waals surface area contributed by atoms with Gasteiger partial charge in [-0.15, -0.1) is 0 Å². The maximum Gasteiger partial charge on any atom is 0.143 e. The van der Waals surface area contributed by atoms with Crippen molar-refractivity contribution >= 4 is 27.4 Å². The number of halogens is 1. The van der Waals surface area contributed by atoms with Crippen LogP contribution in [0.4, 0.5) is 11.5 Å². The molecule has 5 heteroatoms. The van der Waals surface area contributed by atoms with Crippen molar-refractivity contribution < 1.29 is 0 Å². The van der Waals surface area contributed by atoms with Crippen molar-refractivity contribution in [2.75, 3.05) is 30.3 Å². The SMILES string of the molecule is Cc1c(N)cnc(N2CC3CCCCN3CC2C)c1Br. The van der Waals surface area contributed by atoms with Crippen LogP contribution in [0.1, 0.15) is 31.7 Å². The molecule has 0 aliphatic carbocycles. The molecule has 3 rings (SSSR count). The summed E-state index contributed by atoms with van der Waals surface area (Å²) in [6, 6.07) is 1.18. The smallest absolute Gasteiger partial charge is 0.143 e. The van der Waals surface area contributed by atoms with Gasteiger partial charge >= 0.3 is 0 Å². The lowest BCUT2D eigenvalue weighted by Crippen LogP contribution is -2.59. The van der Waals surface area contributed by atoms with Crippen molar-refractivity contribution in [1.29, 1.82) is 0 Å². The summed E-state index contributed by atoms with van der Waals surface area (Å²) < 4.78 is 1.05. The molecule has 2 aliphatic heterocycles. The van der Waals surface area contributed by atoms with E-state index in [1.165, 1.54) is 25.8 Å². The van der Waals surface area contributed by atoms with Crippen LogP contribution in [0, 0.1) is 6.92 Å². The number of nitrogen functional groups attached to an aromatic ring is 1. The molecule has 1 aromatic heterocycles. The Balaban J connectivity index is 1.88. The molecule has 4 nitrogen and oxygen atoms in total. The van der Waals surface area contributed by atoms with Crippen molar-refractivity contribution in [3.05, 3.63) is 16.2 Å². The van der Waals surface area contributed by atoms with E-state index >= 15 is 0 Å². The molecule has 2 atom stereocenters. The Morgan fingerprint density at radius 1 is 1.35 bits per heavy atom. The molecular formula is C15H23BrN4. The number of aromatic nitrogens is 1. The number of nitrogens with zero attached hydrogens (tertiary/aromatic N) is 3. The van der Waals surface area contributed by atoms with Crippen LogP contribution in [0.25, 0.3) is 0 Å². The predicted octanol–water partition coefficient (Wildman–Crippen LogP) is 2.80. The van der Waals surface area contributed by atoms with Crippen LogP contribution < -0.4 is 10.6 Å². The largest absolute Gasteiger partial charge is 0.397 e. The highest BCUT2D eigenvalue weighted by Gasteiger charge is 2.34. The van der Waals surface area contributed by atoms with Crippen molar-refractivity contribution in [3.63, 3.8) is 0 Å². The fourth-order valence-electron chi connectivity index (χ4n) is 3.43. The molecule has 0 bridgehead atoms. The van der Waals surface area contributed by atoms with Crippen LogP contribution in [0.15, 0.2) is 10.7 Å². The summed E-state index contributed by atoms with van der Waals surface area (Å²) >= 11 is 3.68.